The summed E-state index contributed by atoms with van der Waals surface area (Å²) < 4.78 is 15.5. The van der Waals surface area contributed by atoms with Gasteiger partial charge in [0.2, 0.25) is 0 Å². The molecule has 10 heteroatoms. The van der Waals surface area contributed by atoms with E-state index in [1.165, 1.54) is 4.90 Å². The first-order chi connectivity index (χ1) is 27.3. The van der Waals surface area contributed by atoms with Crippen molar-refractivity contribution in [3.8, 4) is 11.1 Å². The molecule has 284 valence electrons. The first-order valence-corrected chi connectivity index (χ1v) is 19.4. The Morgan fingerprint density at radius 1 is 0.714 bits per heavy atom. The Hall–Kier alpha value is -5.65. The molecule has 3 aliphatic heterocycles. The van der Waals surface area contributed by atoms with Gasteiger partial charge in [-0.25, -0.2) is 4.79 Å². The van der Waals surface area contributed by atoms with Gasteiger partial charge < -0.3 is 24.5 Å². The maximum absolute atomic E-state index is 13.0. The highest BCUT2D eigenvalue weighted by atomic mass is 16.7. The van der Waals surface area contributed by atoms with Crippen molar-refractivity contribution in [2.45, 2.75) is 57.5 Å². The van der Waals surface area contributed by atoms with E-state index in [-0.39, 0.29) is 54.8 Å². The second kappa shape index (κ2) is 15.1. The molecule has 56 heavy (non-hydrogen) atoms. The number of nitrogens with zero attached hydrogens (tertiary/aromatic N) is 3. The maximum atomic E-state index is 13.0. The van der Waals surface area contributed by atoms with Gasteiger partial charge in [0.25, 0.3) is 11.8 Å². The Balaban J connectivity index is 0.916. The SMILES string of the molecule is C[C@@H]1[C@H](CN2CCC(n3c(=O)[nH]c4ccccc43)CC2)O[C@H](c2ccc(-c3cccc(CN4C(=O)c5ccccc5C4=O)c3)cc2)O[C@@H]1c1ccc(CO)cc1. The third-order valence-corrected chi connectivity index (χ3v) is 11.8. The highest BCUT2D eigenvalue weighted by Crippen LogP contribution is 2.42. The van der Waals surface area contributed by atoms with E-state index < -0.39 is 6.29 Å². The third kappa shape index (κ3) is 6.79. The molecule has 2 fully saturated rings. The Morgan fingerprint density at radius 2 is 1.39 bits per heavy atom. The first kappa shape index (κ1) is 36.0. The van der Waals surface area contributed by atoms with Crippen LogP contribution < -0.4 is 5.69 Å². The Morgan fingerprint density at radius 3 is 2.11 bits per heavy atom. The van der Waals surface area contributed by atoms with Gasteiger partial charge in [-0.15, -0.1) is 0 Å². The van der Waals surface area contributed by atoms with Crippen molar-refractivity contribution in [1.82, 2.24) is 19.4 Å². The van der Waals surface area contributed by atoms with Crippen LogP contribution in [-0.2, 0) is 22.6 Å². The Labute approximate surface area is 324 Å². The quantitative estimate of drug-likeness (QED) is 0.148. The molecule has 0 radical (unpaired) electrons. The number of carbonyl (C=O) groups excluding carboxylic acids is 2. The number of aliphatic hydroxyl groups is 1. The van der Waals surface area contributed by atoms with Crippen LogP contribution in [0.1, 0.15) is 81.2 Å². The van der Waals surface area contributed by atoms with Crippen LogP contribution in [0.25, 0.3) is 22.2 Å². The minimum absolute atomic E-state index is 0.0195. The van der Waals surface area contributed by atoms with Gasteiger partial charge in [-0.1, -0.05) is 97.9 Å². The van der Waals surface area contributed by atoms with E-state index in [0.29, 0.717) is 11.1 Å². The van der Waals surface area contributed by atoms with E-state index in [0.717, 1.165) is 76.9 Å². The van der Waals surface area contributed by atoms with Crippen LogP contribution in [0.15, 0.2) is 126 Å². The molecule has 3 aliphatic rings. The molecule has 2 amide bonds. The molecule has 2 saturated heterocycles. The first-order valence-electron chi connectivity index (χ1n) is 19.4. The molecule has 2 N–H and O–H groups in total. The smallest absolute Gasteiger partial charge is 0.326 e. The fraction of sp³-hybridized carbons (Fsp3) is 0.283. The van der Waals surface area contributed by atoms with Crippen LogP contribution in [0.5, 0.6) is 0 Å². The van der Waals surface area contributed by atoms with Crippen LogP contribution in [0, 0.1) is 5.92 Å². The zero-order valence-corrected chi connectivity index (χ0v) is 31.2. The summed E-state index contributed by atoms with van der Waals surface area (Å²) in [6, 6.07) is 39.0. The summed E-state index contributed by atoms with van der Waals surface area (Å²) >= 11 is 0. The van der Waals surface area contributed by atoms with Crippen LogP contribution in [0.2, 0.25) is 0 Å². The summed E-state index contributed by atoms with van der Waals surface area (Å²) in [6.07, 6.45) is 0.788. The predicted octanol–water partition coefficient (Wildman–Crippen LogP) is 7.41. The Kier molecular flexibility index (Phi) is 9.72. The van der Waals surface area contributed by atoms with Gasteiger partial charge in [0, 0.05) is 37.2 Å². The van der Waals surface area contributed by atoms with E-state index in [9.17, 15) is 19.5 Å². The molecule has 6 aromatic rings. The van der Waals surface area contributed by atoms with Crippen LogP contribution in [0.4, 0.5) is 0 Å². The van der Waals surface area contributed by atoms with Crippen molar-refractivity contribution < 1.29 is 24.2 Å². The molecule has 0 spiro atoms. The summed E-state index contributed by atoms with van der Waals surface area (Å²) in [4.78, 5) is 45.7. The number of hydrogen-bond acceptors (Lipinski definition) is 7. The number of amides is 2. The van der Waals surface area contributed by atoms with Crippen LogP contribution in [-0.4, -0.2) is 62.0 Å². The van der Waals surface area contributed by atoms with Gasteiger partial charge in [-0.05, 0) is 71.0 Å². The van der Waals surface area contributed by atoms with E-state index in [1.807, 2.05) is 89.5 Å². The fourth-order valence-electron chi connectivity index (χ4n) is 8.63. The maximum Gasteiger partial charge on any atom is 0.326 e. The number of fused-ring (bicyclic) bond motifs is 2. The lowest BCUT2D eigenvalue weighted by Crippen LogP contribution is -2.47. The number of H-pyrrole nitrogens is 1. The number of aromatic nitrogens is 2. The molecular formula is C46H44N4O6. The number of ether oxygens (including phenoxy) is 2. The molecule has 5 aromatic carbocycles. The number of para-hydroxylation sites is 2. The van der Waals surface area contributed by atoms with Gasteiger partial charge in [0.15, 0.2) is 6.29 Å². The summed E-state index contributed by atoms with van der Waals surface area (Å²) in [7, 11) is 0. The molecule has 1 aromatic heterocycles. The van der Waals surface area contributed by atoms with Crippen molar-refractivity contribution >= 4 is 22.8 Å². The van der Waals surface area contributed by atoms with Crippen LogP contribution >= 0.6 is 0 Å². The van der Waals surface area contributed by atoms with E-state index >= 15 is 0 Å². The van der Waals surface area contributed by atoms with Crippen LogP contribution in [0.3, 0.4) is 0 Å². The lowest BCUT2D eigenvalue weighted by atomic mass is 9.89. The van der Waals surface area contributed by atoms with Gasteiger partial charge in [0.1, 0.15) is 0 Å². The van der Waals surface area contributed by atoms with Gasteiger partial charge >= 0.3 is 5.69 Å². The van der Waals surface area contributed by atoms with E-state index in [4.69, 9.17) is 9.47 Å². The number of imidazole rings is 1. The summed E-state index contributed by atoms with van der Waals surface area (Å²) in [5, 5.41) is 9.68. The number of piperidine rings is 1. The largest absolute Gasteiger partial charge is 0.392 e. The monoisotopic (exact) mass is 748 g/mol. The second-order valence-electron chi connectivity index (χ2n) is 15.2. The van der Waals surface area contributed by atoms with Gasteiger partial charge in [-0.2, -0.15) is 0 Å². The van der Waals surface area contributed by atoms with E-state index in [2.05, 4.69) is 28.9 Å². The molecule has 0 saturated carbocycles. The number of likely N-dealkylation sites (tertiary alicyclic amines) is 1. The minimum Gasteiger partial charge on any atom is -0.392 e. The number of carbonyl (C=O) groups is 2. The normalized spacial score (nSPS) is 21.9. The van der Waals surface area contributed by atoms with Gasteiger partial charge in [-0.3, -0.25) is 19.1 Å². The number of imide groups is 1. The fourth-order valence-corrected chi connectivity index (χ4v) is 8.63. The zero-order valence-electron chi connectivity index (χ0n) is 31.2. The number of aromatic amines is 1. The highest BCUT2D eigenvalue weighted by molar-refractivity contribution is 6.21. The number of hydrogen-bond donors (Lipinski definition) is 2. The number of nitrogens with one attached hydrogen (secondary N) is 1. The molecular weight excluding hydrogens is 705 g/mol. The van der Waals surface area contributed by atoms with Crippen molar-refractivity contribution in [2.24, 2.45) is 5.92 Å². The molecule has 0 unspecified atom stereocenters. The average Bonchev–Trinajstić information content (AvgIpc) is 3.70. The zero-order chi connectivity index (χ0) is 38.3. The molecule has 9 rings (SSSR count). The minimum atomic E-state index is -0.602. The lowest BCUT2D eigenvalue weighted by molar-refractivity contribution is -0.276. The van der Waals surface area contributed by atoms with Crippen molar-refractivity contribution in [2.75, 3.05) is 19.6 Å². The van der Waals surface area contributed by atoms with E-state index in [1.54, 1.807) is 24.3 Å². The second-order valence-corrected chi connectivity index (χ2v) is 15.2. The molecule has 4 heterocycles. The van der Waals surface area contributed by atoms with Gasteiger partial charge in [0.05, 0.1) is 47.5 Å². The lowest BCUT2D eigenvalue weighted by Gasteiger charge is -2.44. The van der Waals surface area contributed by atoms with Crippen molar-refractivity contribution in [1.29, 1.82) is 0 Å². The standard InChI is InChI=1S/C46H44N4O6/c1-29-41(27-48-23-21-36(22-24-48)50-40-12-5-4-11-39(40)47-46(50)54)55-45(56-42(29)33-15-13-30(28-51)14-16-33)34-19-17-32(18-20-34)35-8-6-7-31(25-35)26-49-43(52)37-9-2-3-10-38(37)44(49)53/h2-20,25,29,36,41-42,45,51H,21-24,26-28H2,1H3,(H,47,54)/t29-,41+,42+,45+/m1/s1. The summed E-state index contributed by atoms with van der Waals surface area (Å²) in [5.41, 5.74) is 8.29. The third-order valence-electron chi connectivity index (χ3n) is 11.8. The molecule has 10 nitrogen and oxygen atoms in total. The summed E-state index contributed by atoms with van der Waals surface area (Å²) in [6.45, 7) is 4.80. The predicted molar refractivity (Wildman–Crippen MR) is 213 cm³/mol. The number of aliphatic hydroxyl groups excluding tert-OH is 1. The van der Waals surface area contributed by atoms with Crippen molar-refractivity contribution in [3.05, 3.63) is 165 Å². The van der Waals surface area contributed by atoms with Crippen molar-refractivity contribution in [3.63, 3.8) is 0 Å². The highest BCUT2D eigenvalue weighted by Gasteiger charge is 2.40. The molecule has 0 bridgehead atoms. The number of rotatable bonds is 9. The Bertz CT molecular complexity index is 2410. The molecule has 4 atom stereocenters. The molecule has 0 aliphatic carbocycles. The average molecular weight is 749 g/mol. The number of benzene rings is 5. The summed E-state index contributed by atoms with van der Waals surface area (Å²) in [5.74, 6) is -0.492. The topological polar surface area (TPSA) is 117 Å².